The van der Waals surface area contributed by atoms with Crippen LogP contribution < -0.4 is 10.1 Å². The normalized spacial score (nSPS) is 12.4. The molecule has 2 aromatic carbocycles. The molecule has 0 aliphatic heterocycles. The fraction of sp³-hybridized carbons (Fsp3) is 0.368. The van der Waals surface area contributed by atoms with E-state index in [0.717, 1.165) is 0 Å². The highest BCUT2D eigenvalue weighted by atomic mass is 19.4. The van der Waals surface area contributed by atoms with Crippen LogP contribution in [0.5, 0.6) is 5.75 Å². The standard InChI is InChI=1S/C19H18F6N4O/c1-12-14(26-11-13-5-2-3-6-16(13)30-19(23,24)25)7-8-15-17(12)27-28-29(15)10-4-9-18(20,21)22/h2-3,5-8,26H,4,9-11H2,1H3. The van der Waals surface area contributed by atoms with Crippen LogP contribution in [0.4, 0.5) is 32.0 Å². The second-order valence-corrected chi connectivity index (χ2v) is 6.65. The predicted octanol–water partition coefficient (Wildman–Crippen LogP) is 5.59. The van der Waals surface area contributed by atoms with E-state index in [2.05, 4.69) is 20.4 Å². The van der Waals surface area contributed by atoms with Gasteiger partial charge in [0.2, 0.25) is 0 Å². The van der Waals surface area contributed by atoms with Crippen molar-refractivity contribution < 1.29 is 31.1 Å². The third-order valence-corrected chi connectivity index (χ3v) is 4.44. The van der Waals surface area contributed by atoms with Gasteiger partial charge in [0.05, 0.1) is 5.52 Å². The second kappa shape index (κ2) is 8.41. The molecule has 30 heavy (non-hydrogen) atoms. The van der Waals surface area contributed by atoms with Gasteiger partial charge in [-0.1, -0.05) is 23.4 Å². The highest BCUT2D eigenvalue weighted by Crippen LogP contribution is 2.29. The number of nitrogens with zero attached hydrogens (tertiary/aromatic N) is 3. The Morgan fingerprint density at radius 3 is 2.47 bits per heavy atom. The molecule has 162 valence electrons. The van der Waals surface area contributed by atoms with E-state index in [9.17, 15) is 26.3 Å². The number of aromatic nitrogens is 3. The third-order valence-electron chi connectivity index (χ3n) is 4.44. The Kier molecular flexibility index (Phi) is 6.09. The van der Waals surface area contributed by atoms with Gasteiger partial charge in [-0.05, 0) is 31.5 Å². The summed E-state index contributed by atoms with van der Waals surface area (Å²) in [5, 5.41) is 11.0. The number of aryl methyl sites for hydroxylation is 2. The van der Waals surface area contributed by atoms with Crippen molar-refractivity contribution in [2.45, 2.75) is 45.4 Å². The van der Waals surface area contributed by atoms with Gasteiger partial charge in [0, 0.05) is 36.3 Å². The summed E-state index contributed by atoms with van der Waals surface area (Å²) in [6, 6.07) is 9.14. The highest BCUT2D eigenvalue weighted by molar-refractivity contribution is 5.83. The number of benzene rings is 2. The van der Waals surface area contributed by atoms with E-state index in [4.69, 9.17) is 0 Å². The third kappa shape index (κ3) is 5.55. The first-order chi connectivity index (χ1) is 14.0. The number of ether oxygens (including phenoxy) is 1. The zero-order chi connectivity index (χ0) is 21.9. The number of hydrogen-bond donors (Lipinski definition) is 1. The Labute approximate surface area is 167 Å². The lowest BCUT2D eigenvalue weighted by atomic mass is 10.1. The molecular formula is C19H18F6N4O. The van der Waals surface area contributed by atoms with E-state index in [-0.39, 0.29) is 25.3 Å². The number of halogens is 6. The van der Waals surface area contributed by atoms with E-state index in [1.54, 1.807) is 25.1 Å². The van der Waals surface area contributed by atoms with Crippen molar-refractivity contribution in [1.82, 2.24) is 15.0 Å². The maximum Gasteiger partial charge on any atom is 0.573 e. The van der Waals surface area contributed by atoms with E-state index >= 15 is 0 Å². The van der Waals surface area contributed by atoms with Crippen molar-refractivity contribution >= 4 is 16.7 Å². The number of para-hydroxylation sites is 1. The summed E-state index contributed by atoms with van der Waals surface area (Å²) in [6.45, 7) is 1.89. The first kappa shape index (κ1) is 21.7. The average molecular weight is 432 g/mol. The highest BCUT2D eigenvalue weighted by Gasteiger charge is 2.32. The number of rotatable bonds is 7. The number of hydrogen-bond acceptors (Lipinski definition) is 4. The minimum atomic E-state index is -4.80. The maximum absolute atomic E-state index is 12.6. The summed E-state index contributed by atoms with van der Waals surface area (Å²) in [5.41, 5.74) is 2.70. The summed E-state index contributed by atoms with van der Waals surface area (Å²) in [5.74, 6) is -0.299. The molecule has 3 aromatic rings. The number of nitrogens with one attached hydrogen (secondary N) is 1. The lowest BCUT2D eigenvalue weighted by molar-refractivity contribution is -0.274. The summed E-state index contributed by atoms with van der Waals surface area (Å²) in [6.07, 6.45) is -10.0. The molecule has 3 rings (SSSR count). The van der Waals surface area contributed by atoms with Gasteiger partial charge >= 0.3 is 12.5 Å². The molecule has 11 heteroatoms. The second-order valence-electron chi connectivity index (χ2n) is 6.65. The van der Waals surface area contributed by atoms with Crippen LogP contribution in [0.15, 0.2) is 36.4 Å². The first-order valence-corrected chi connectivity index (χ1v) is 9.00. The lowest BCUT2D eigenvalue weighted by Gasteiger charge is -2.15. The molecule has 0 spiro atoms. The van der Waals surface area contributed by atoms with Crippen molar-refractivity contribution in [2.75, 3.05) is 5.32 Å². The molecule has 1 aromatic heterocycles. The zero-order valence-electron chi connectivity index (χ0n) is 15.8. The van der Waals surface area contributed by atoms with Gasteiger partial charge in [0.25, 0.3) is 0 Å². The van der Waals surface area contributed by atoms with Crippen LogP contribution in [0.2, 0.25) is 0 Å². The molecule has 0 saturated carbocycles. The molecule has 0 bridgehead atoms. The molecule has 0 aliphatic rings. The average Bonchev–Trinajstić information content (AvgIpc) is 3.04. The van der Waals surface area contributed by atoms with Crippen LogP contribution in [0.25, 0.3) is 11.0 Å². The molecule has 0 amide bonds. The molecule has 0 fully saturated rings. The van der Waals surface area contributed by atoms with Crippen LogP contribution in [-0.4, -0.2) is 27.5 Å². The number of alkyl halides is 6. The Balaban J connectivity index is 1.73. The van der Waals surface area contributed by atoms with E-state index in [1.807, 2.05) is 0 Å². The summed E-state index contributed by atoms with van der Waals surface area (Å²) >= 11 is 0. The van der Waals surface area contributed by atoms with E-state index in [0.29, 0.717) is 27.8 Å². The smallest absolute Gasteiger partial charge is 0.405 e. The van der Waals surface area contributed by atoms with Crippen LogP contribution >= 0.6 is 0 Å². The van der Waals surface area contributed by atoms with Crippen molar-refractivity contribution in [2.24, 2.45) is 0 Å². The van der Waals surface area contributed by atoms with Crippen LogP contribution in [0.1, 0.15) is 24.0 Å². The molecule has 1 heterocycles. The molecule has 0 atom stereocenters. The Hall–Kier alpha value is -2.98. The Bertz CT molecular complexity index is 1010. The van der Waals surface area contributed by atoms with Gasteiger partial charge in [0.1, 0.15) is 11.3 Å². The minimum absolute atomic E-state index is 0.0678. The molecule has 0 radical (unpaired) electrons. The van der Waals surface area contributed by atoms with Crippen LogP contribution in [0.3, 0.4) is 0 Å². The molecule has 0 saturated heterocycles. The maximum atomic E-state index is 12.6. The van der Waals surface area contributed by atoms with Crippen LogP contribution in [0, 0.1) is 6.92 Å². The van der Waals surface area contributed by atoms with Crippen molar-refractivity contribution in [3.8, 4) is 5.75 Å². The zero-order valence-corrected chi connectivity index (χ0v) is 15.8. The summed E-state index contributed by atoms with van der Waals surface area (Å²) in [4.78, 5) is 0. The topological polar surface area (TPSA) is 52.0 Å². The largest absolute Gasteiger partial charge is 0.573 e. The van der Waals surface area contributed by atoms with Gasteiger partial charge in [-0.3, -0.25) is 0 Å². The Morgan fingerprint density at radius 2 is 1.77 bits per heavy atom. The minimum Gasteiger partial charge on any atom is -0.405 e. The Morgan fingerprint density at radius 1 is 1.03 bits per heavy atom. The summed E-state index contributed by atoms with van der Waals surface area (Å²) < 4.78 is 80.1. The van der Waals surface area contributed by atoms with Crippen molar-refractivity contribution in [1.29, 1.82) is 0 Å². The molecular weight excluding hydrogens is 414 g/mol. The van der Waals surface area contributed by atoms with Crippen molar-refractivity contribution in [3.63, 3.8) is 0 Å². The molecule has 1 N–H and O–H groups in total. The predicted molar refractivity (Wildman–Crippen MR) is 98.0 cm³/mol. The van der Waals surface area contributed by atoms with Crippen LogP contribution in [-0.2, 0) is 13.1 Å². The molecule has 0 aliphatic carbocycles. The first-order valence-electron chi connectivity index (χ1n) is 9.00. The number of anilines is 1. The van der Waals surface area contributed by atoms with Gasteiger partial charge in [0.15, 0.2) is 0 Å². The fourth-order valence-electron chi connectivity index (χ4n) is 3.02. The SMILES string of the molecule is Cc1c(NCc2ccccc2OC(F)(F)F)ccc2c1nnn2CCCC(F)(F)F. The van der Waals surface area contributed by atoms with Gasteiger partial charge in [-0.15, -0.1) is 18.3 Å². The van der Waals surface area contributed by atoms with Crippen molar-refractivity contribution in [3.05, 3.63) is 47.5 Å². The quantitative estimate of drug-likeness (QED) is 0.495. The monoisotopic (exact) mass is 432 g/mol. The van der Waals surface area contributed by atoms with Gasteiger partial charge < -0.3 is 10.1 Å². The summed E-state index contributed by atoms with van der Waals surface area (Å²) in [7, 11) is 0. The van der Waals surface area contributed by atoms with Gasteiger partial charge in [-0.25, -0.2) is 4.68 Å². The fourth-order valence-corrected chi connectivity index (χ4v) is 3.02. The number of fused-ring (bicyclic) bond motifs is 1. The van der Waals surface area contributed by atoms with Gasteiger partial charge in [-0.2, -0.15) is 13.2 Å². The lowest BCUT2D eigenvalue weighted by Crippen LogP contribution is -2.18. The molecule has 5 nitrogen and oxygen atoms in total. The van der Waals surface area contributed by atoms with E-state index < -0.39 is 19.0 Å². The molecule has 0 unspecified atom stereocenters. The van der Waals surface area contributed by atoms with E-state index in [1.165, 1.54) is 22.9 Å².